The number of rotatable bonds is 4. The summed E-state index contributed by atoms with van der Waals surface area (Å²) in [7, 11) is 0. The van der Waals surface area contributed by atoms with Gasteiger partial charge >= 0.3 is 0 Å². The molecule has 172 valence electrons. The summed E-state index contributed by atoms with van der Waals surface area (Å²) in [5.74, 6) is 0.0190. The number of benzene rings is 1. The van der Waals surface area contributed by atoms with Crippen LogP contribution in [0.4, 0.5) is 5.69 Å². The van der Waals surface area contributed by atoms with Crippen LogP contribution in [0.1, 0.15) is 39.4 Å². The van der Waals surface area contributed by atoms with E-state index in [4.69, 9.17) is 11.6 Å². The zero-order valence-electron chi connectivity index (χ0n) is 18.8. The lowest BCUT2D eigenvalue weighted by Crippen LogP contribution is -2.43. The number of aromatic nitrogens is 2. The van der Waals surface area contributed by atoms with E-state index in [-0.39, 0.29) is 30.0 Å². The first-order chi connectivity index (χ1) is 15.0. The Morgan fingerprint density at radius 3 is 2.47 bits per heavy atom. The van der Waals surface area contributed by atoms with Crippen LogP contribution in [0.5, 0.6) is 0 Å². The molecule has 1 aliphatic rings. The van der Waals surface area contributed by atoms with Crippen LogP contribution in [0.15, 0.2) is 29.1 Å². The Bertz CT molecular complexity index is 1080. The number of aliphatic hydroxyl groups excluding tert-OH is 1. The number of aryl methyl sites for hydroxylation is 1. The Labute approximate surface area is 192 Å². The van der Waals surface area contributed by atoms with Crippen molar-refractivity contribution in [2.24, 2.45) is 5.41 Å². The summed E-state index contributed by atoms with van der Waals surface area (Å²) in [6.45, 7) is 7.91. The van der Waals surface area contributed by atoms with Crippen LogP contribution in [0.3, 0.4) is 0 Å². The molecule has 3 rings (SSSR count). The third-order valence-electron chi connectivity index (χ3n) is 5.50. The highest BCUT2D eigenvalue weighted by molar-refractivity contribution is 6.31. The third-order valence-corrected chi connectivity index (χ3v) is 5.73. The normalized spacial score (nSPS) is 15.0. The van der Waals surface area contributed by atoms with Gasteiger partial charge in [-0.25, -0.2) is 4.98 Å². The van der Waals surface area contributed by atoms with E-state index in [0.29, 0.717) is 53.7 Å². The van der Waals surface area contributed by atoms with Gasteiger partial charge in [-0.15, -0.1) is 0 Å². The molecule has 2 amide bonds. The Morgan fingerprint density at radius 2 is 1.88 bits per heavy atom. The highest BCUT2D eigenvalue weighted by atomic mass is 35.5. The molecule has 1 saturated heterocycles. The van der Waals surface area contributed by atoms with Gasteiger partial charge in [0.1, 0.15) is 12.4 Å². The molecular formula is C23H29ClN4O4. The fraction of sp³-hybridized carbons (Fsp3) is 0.478. The first-order valence-electron chi connectivity index (χ1n) is 10.6. The summed E-state index contributed by atoms with van der Waals surface area (Å²) >= 11 is 6.13. The lowest BCUT2D eigenvalue weighted by Gasteiger charge is -2.30. The summed E-state index contributed by atoms with van der Waals surface area (Å²) in [5.41, 5.74) is 0.441. The van der Waals surface area contributed by atoms with Crippen LogP contribution in [0, 0.1) is 12.3 Å². The number of likely N-dealkylation sites (tertiary alicyclic amines) is 1. The molecule has 32 heavy (non-hydrogen) atoms. The molecule has 2 heterocycles. The standard InChI is InChI=1S/C23H29ClN4O4/c1-14-25-19(17-6-5-15(24)11-18(17)26-22(32)23(2,3)4)12-20(30)28(14)13-21(31)27-9-7-16(29)8-10-27/h5-6,11-12,16,29H,7-10,13H2,1-4H3,(H,26,32). The summed E-state index contributed by atoms with van der Waals surface area (Å²) in [5, 5.41) is 12.9. The van der Waals surface area contributed by atoms with E-state index in [1.807, 2.05) is 0 Å². The second-order valence-electron chi connectivity index (χ2n) is 9.12. The SMILES string of the molecule is Cc1nc(-c2ccc(Cl)cc2NC(=O)C(C)(C)C)cc(=O)n1CC(=O)N1CCC(O)CC1. The molecule has 8 nitrogen and oxygen atoms in total. The first-order valence-corrected chi connectivity index (χ1v) is 11.0. The lowest BCUT2D eigenvalue weighted by atomic mass is 9.95. The number of carbonyl (C=O) groups excluding carboxylic acids is 2. The number of hydrogen-bond acceptors (Lipinski definition) is 5. The van der Waals surface area contributed by atoms with Crippen molar-refractivity contribution in [1.29, 1.82) is 0 Å². The van der Waals surface area contributed by atoms with Crippen LogP contribution < -0.4 is 10.9 Å². The fourth-order valence-corrected chi connectivity index (χ4v) is 3.63. The van der Waals surface area contributed by atoms with Gasteiger partial charge in [0.2, 0.25) is 11.8 Å². The average Bonchev–Trinajstić information content (AvgIpc) is 2.70. The molecule has 1 aromatic carbocycles. The topological polar surface area (TPSA) is 105 Å². The third kappa shape index (κ3) is 5.55. The molecule has 0 atom stereocenters. The van der Waals surface area contributed by atoms with Gasteiger partial charge in [0.25, 0.3) is 5.56 Å². The number of nitrogens with one attached hydrogen (secondary N) is 1. The predicted octanol–water partition coefficient (Wildman–Crippen LogP) is 2.84. The number of halogens is 1. The van der Waals surface area contributed by atoms with Crippen molar-refractivity contribution in [3.05, 3.63) is 45.5 Å². The van der Waals surface area contributed by atoms with Crippen molar-refractivity contribution in [2.45, 2.75) is 53.2 Å². The quantitative estimate of drug-likeness (QED) is 0.730. The first kappa shape index (κ1) is 23.9. The molecule has 0 radical (unpaired) electrons. The number of aliphatic hydroxyl groups is 1. The van der Waals surface area contributed by atoms with Gasteiger partial charge in [-0.05, 0) is 38.0 Å². The molecule has 2 N–H and O–H groups in total. The van der Waals surface area contributed by atoms with Crippen molar-refractivity contribution in [1.82, 2.24) is 14.5 Å². The lowest BCUT2D eigenvalue weighted by molar-refractivity contribution is -0.134. The van der Waals surface area contributed by atoms with E-state index >= 15 is 0 Å². The van der Waals surface area contributed by atoms with E-state index in [0.717, 1.165) is 0 Å². The van der Waals surface area contributed by atoms with E-state index in [1.165, 1.54) is 10.6 Å². The number of piperidine rings is 1. The maximum absolute atomic E-state index is 12.9. The van der Waals surface area contributed by atoms with Crippen LogP contribution >= 0.6 is 11.6 Å². The molecule has 9 heteroatoms. The highest BCUT2D eigenvalue weighted by Gasteiger charge is 2.24. The van der Waals surface area contributed by atoms with Gasteiger partial charge in [-0.1, -0.05) is 32.4 Å². The number of anilines is 1. The van der Waals surface area contributed by atoms with Gasteiger partial charge in [0.05, 0.1) is 17.5 Å². The summed E-state index contributed by atoms with van der Waals surface area (Å²) < 4.78 is 1.33. The summed E-state index contributed by atoms with van der Waals surface area (Å²) in [6, 6.07) is 6.35. The Hall–Kier alpha value is -2.71. The van der Waals surface area contributed by atoms with Gasteiger partial charge in [0.15, 0.2) is 0 Å². The molecule has 0 saturated carbocycles. The summed E-state index contributed by atoms with van der Waals surface area (Å²) in [6.07, 6.45) is 0.698. The number of amides is 2. The Balaban J connectivity index is 1.89. The minimum Gasteiger partial charge on any atom is -0.393 e. The largest absolute Gasteiger partial charge is 0.393 e. The highest BCUT2D eigenvalue weighted by Crippen LogP contribution is 2.30. The Morgan fingerprint density at radius 1 is 1.22 bits per heavy atom. The molecule has 0 spiro atoms. The summed E-state index contributed by atoms with van der Waals surface area (Å²) in [4.78, 5) is 44.2. The maximum atomic E-state index is 12.9. The van der Waals surface area contributed by atoms with E-state index < -0.39 is 5.41 Å². The number of hydrogen-bond donors (Lipinski definition) is 2. The van der Waals surface area contributed by atoms with Crippen LogP contribution in [0.25, 0.3) is 11.3 Å². The van der Waals surface area contributed by atoms with Crippen molar-refractivity contribution in [2.75, 3.05) is 18.4 Å². The van der Waals surface area contributed by atoms with Gasteiger partial charge in [-0.3, -0.25) is 19.0 Å². The molecule has 0 unspecified atom stereocenters. The molecule has 1 aliphatic heterocycles. The van der Waals surface area contributed by atoms with E-state index in [1.54, 1.807) is 50.8 Å². The minimum absolute atomic E-state index is 0.109. The second kappa shape index (κ2) is 9.42. The van der Waals surface area contributed by atoms with E-state index in [2.05, 4.69) is 10.3 Å². The van der Waals surface area contributed by atoms with Gasteiger partial charge < -0.3 is 15.3 Å². The zero-order valence-corrected chi connectivity index (χ0v) is 19.6. The molecule has 1 fully saturated rings. The minimum atomic E-state index is -0.614. The van der Waals surface area contributed by atoms with Crippen molar-refractivity contribution in [3.63, 3.8) is 0 Å². The van der Waals surface area contributed by atoms with E-state index in [9.17, 15) is 19.5 Å². The number of carbonyl (C=O) groups is 2. The second-order valence-corrected chi connectivity index (χ2v) is 9.56. The molecule has 2 aromatic rings. The smallest absolute Gasteiger partial charge is 0.254 e. The number of nitrogens with zero attached hydrogens (tertiary/aromatic N) is 3. The maximum Gasteiger partial charge on any atom is 0.254 e. The molecule has 0 aliphatic carbocycles. The predicted molar refractivity (Wildman–Crippen MR) is 124 cm³/mol. The van der Waals surface area contributed by atoms with Crippen molar-refractivity contribution in [3.8, 4) is 11.3 Å². The van der Waals surface area contributed by atoms with Crippen LogP contribution in [-0.2, 0) is 16.1 Å². The van der Waals surface area contributed by atoms with Crippen molar-refractivity contribution >= 4 is 29.1 Å². The Kier molecular flexibility index (Phi) is 7.05. The van der Waals surface area contributed by atoms with Gasteiger partial charge in [-0.2, -0.15) is 0 Å². The molecule has 1 aromatic heterocycles. The monoisotopic (exact) mass is 460 g/mol. The molecule has 0 bridgehead atoms. The van der Waals surface area contributed by atoms with Gasteiger partial charge in [0, 0.05) is 35.2 Å². The van der Waals surface area contributed by atoms with Crippen molar-refractivity contribution < 1.29 is 14.7 Å². The van der Waals surface area contributed by atoms with Crippen LogP contribution in [0.2, 0.25) is 5.02 Å². The van der Waals surface area contributed by atoms with Crippen LogP contribution in [-0.4, -0.2) is 50.6 Å². The zero-order chi connectivity index (χ0) is 23.6. The fourth-order valence-electron chi connectivity index (χ4n) is 3.46. The average molecular weight is 461 g/mol. The molecular weight excluding hydrogens is 432 g/mol.